The fourth-order valence-electron chi connectivity index (χ4n) is 2.91. The molecule has 132 valence electrons. The van der Waals surface area contributed by atoms with E-state index in [-0.39, 0.29) is 11.1 Å². The van der Waals surface area contributed by atoms with Crippen molar-refractivity contribution >= 4 is 35.0 Å². The second-order valence-corrected chi connectivity index (χ2v) is 7.04. The lowest BCUT2D eigenvalue weighted by Gasteiger charge is -2.29. The number of benzene rings is 1. The van der Waals surface area contributed by atoms with Crippen molar-refractivity contribution in [2.45, 2.75) is 19.3 Å². The first-order valence-corrected chi connectivity index (χ1v) is 9.06. The second kappa shape index (κ2) is 7.84. The normalized spacial score (nSPS) is 20.4. The molecule has 25 heavy (non-hydrogen) atoms. The standard InChI is InChI=1S/C18H20N2O4S/c1-24-17(22)14-7-5-13(6-8-14)11-15-16(21)20(18(23)25-15)12-19-9-3-2-4-10-19/h5-8,11H,2-4,9-10,12H2,1H3/b15-11+. The number of carbonyl (C=O) groups is 3. The van der Waals surface area contributed by atoms with Gasteiger partial charge in [0.1, 0.15) is 0 Å². The molecule has 0 atom stereocenters. The molecule has 7 heteroatoms. The van der Waals surface area contributed by atoms with Crippen molar-refractivity contribution in [3.8, 4) is 0 Å². The van der Waals surface area contributed by atoms with Crippen LogP contribution in [-0.4, -0.2) is 53.8 Å². The fourth-order valence-corrected chi connectivity index (χ4v) is 3.74. The Morgan fingerprint density at radius 3 is 2.48 bits per heavy atom. The summed E-state index contributed by atoms with van der Waals surface area (Å²) in [6.45, 7) is 2.22. The number of nitrogens with zero attached hydrogens (tertiary/aromatic N) is 2. The molecule has 1 aromatic rings. The van der Waals surface area contributed by atoms with Crippen molar-refractivity contribution in [1.29, 1.82) is 0 Å². The third-order valence-corrected chi connectivity index (χ3v) is 5.20. The van der Waals surface area contributed by atoms with Crippen LogP contribution in [0.4, 0.5) is 4.79 Å². The van der Waals surface area contributed by atoms with Crippen LogP contribution in [0.2, 0.25) is 0 Å². The van der Waals surface area contributed by atoms with E-state index in [1.54, 1.807) is 30.3 Å². The monoisotopic (exact) mass is 360 g/mol. The van der Waals surface area contributed by atoms with Crippen LogP contribution in [0.15, 0.2) is 29.2 Å². The molecule has 1 aromatic carbocycles. The lowest BCUT2D eigenvalue weighted by Crippen LogP contribution is -2.42. The zero-order valence-corrected chi connectivity index (χ0v) is 14.9. The van der Waals surface area contributed by atoms with Gasteiger partial charge in [0, 0.05) is 0 Å². The lowest BCUT2D eigenvalue weighted by molar-refractivity contribution is -0.124. The maximum absolute atomic E-state index is 12.5. The van der Waals surface area contributed by atoms with Crippen LogP contribution in [0, 0.1) is 0 Å². The number of rotatable bonds is 4. The third-order valence-electron chi connectivity index (χ3n) is 4.29. The minimum atomic E-state index is -0.409. The Hall–Kier alpha value is -2.12. The van der Waals surface area contributed by atoms with Gasteiger partial charge in [-0.2, -0.15) is 0 Å². The van der Waals surface area contributed by atoms with Gasteiger partial charge < -0.3 is 4.74 Å². The van der Waals surface area contributed by atoms with E-state index >= 15 is 0 Å². The molecule has 0 spiro atoms. The SMILES string of the molecule is COC(=O)c1ccc(/C=C2/SC(=O)N(CN3CCCCC3)C2=O)cc1. The molecule has 0 unspecified atom stereocenters. The average Bonchev–Trinajstić information content (AvgIpc) is 2.90. The number of hydrogen-bond acceptors (Lipinski definition) is 6. The fraction of sp³-hybridized carbons (Fsp3) is 0.389. The Morgan fingerprint density at radius 2 is 1.84 bits per heavy atom. The van der Waals surface area contributed by atoms with Crippen LogP contribution in [0.3, 0.4) is 0 Å². The largest absolute Gasteiger partial charge is 0.465 e. The molecular weight excluding hydrogens is 340 g/mol. The zero-order chi connectivity index (χ0) is 17.8. The summed E-state index contributed by atoms with van der Waals surface area (Å²) < 4.78 is 4.66. The van der Waals surface area contributed by atoms with Gasteiger partial charge in [-0.25, -0.2) is 4.79 Å². The number of esters is 1. The molecule has 3 rings (SSSR count). The number of hydrogen-bond donors (Lipinski definition) is 0. The molecule has 2 aliphatic rings. The summed E-state index contributed by atoms with van der Waals surface area (Å²) >= 11 is 0.960. The Morgan fingerprint density at radius 1 is 1.16 bits per heavy atom. The zero-order valence-electron chi connectivity index (χ0n) is 14.1. The highest BCUT2D eigenvalue weighted by molar-refractivity contribution is 8.18. The Kier molecular flexibility index (Phi) is 5.55. The van der Waals surface area contributed by atoms with Crippen LogP contribution in [-0.2, 0) is 9.53 Å². The van der Waals surface area contributed by atoms with E-state index in [4.69, 9.17) is 0 Å². The van der Waals surface area contributed by atoms with Crippen LogP contribution in [0.25, 0.3) is 6.08 Å². The van der Waals surface area contributed by atoms with Crippen molar-refractivity contribution in [2.75, 3.05) is 26.9 Å². The third kappa shape index (κ3) is 4.11. The van der Waals surface area contributed by atoms with Gasteiger partial charge in [-0.15, -0.1) is 0 Å². The van der Waals surface area contributed by atoms with E-state index in [1.807, 2.05) is 0 Å². The van der Waals surface area contributed by atoms with Gasteiger partial charge in [-0.3, -0.25) is 19.4 Å². The predicted octanol–water partition coefficient (Wildman–Crippen LogP) is 2.95. The molecule has 0 radical (unpaired) electrons. The number of ether oxygens (including phenoxy) is 1. The second-order valence-electron chi connectivity index (χ2n) is 6.04. The van der Waals surface area contributed by atoms with E-state index in [1.165, 1.54) is 18.4 Å². The lowest BCUT2D eigenvalue weighted by atomic mass is 10.1. The molecule has 2 amide bonds. The van der Waals surface area contributed by atoms with E-state index in [2.05, 4.69) is 9.64 Å². The predicted molar refractivity (Wildman–Crippen MR) is 95.9 cm³/mol. The Bertz CT molecular complexity index is 708. The first kappa shape index (κ1) is 17.7. The molecule has 0 saturated carbocycles. The molecule has 6 nitrogen and oxygen atoms in total. The van der Waals surface area contributed by atoms with Gasteiger partial charge >= 0.3 is 5.97 Å². The number of thioether (sulfide) groups is 1. The minimum absolute atomic E-state index is 0.229. The van der Waals surface area contributed by atoms with E-state index in [9.17, 15) is 14.4 Å². The Balaban J connectivity index is 1.70. The van der Waals surface area contributed by atoms with Gasteiger partial charge in [-0.1, -0.05) is 18.6 Å². The highest BCUT2D eigenvalue weighted by atomic mass is 32.2. The summed E-state index contributed by atoms with van der Waals surface area (Å²) in [5.41, 5.74) is 1.20. The molecular formula is C18H20N2O4S. The van der Waals surface area contributed by atoms with E-state index in [0.717, 1.165) is 43.3 Å². The number of imide groups is 1. The topological polar surface area (TPSA) is 66.9 Å². The van der Waals surface area contributed by atoms with Crippen molar-refractivity contribution in [1.82, 2.24) is 9.80 Å². The molecule has 2 fully saturated rings. The first-order valence-electron chi connectivity index (χ1n) is 8.24. The van der Waals surface area contributed by atoms with Gasteiger partial charge in [0.2, 0.25) is 0 Å². The van der Waals surface area contributed by atoms with Crippen LogP contribution >= 0.6 is 11.8 Å². The summed E-state index contributed by atoms with van der Waals surface area (Å²) in [7, 11) is 1.33. The van der Waals surface area contributed by atoms with E-state index < -0.39 is 5.97 Å². The van der Waals surface area contributed by atoms with Crippen LogP contribution < -0.4 is 0 Å². The van der Waals surface area contributed by atoms with Crippen molar-refractivity contribution in [3.05, 3.63) is 40.3 Å². The van der Waals surface area contributed by atoms with Crippen molar-refractivity contribution in [2.24, 2.45) is 0 Å². The molecule has 2 saturated heterocycles. The summed E-state index contributed by atoms with van der Waals surface area (Å²) in [4.78, 5) is 40.0. The summed E-state index contributed by atoms with van der Waals surface area (Å²) in [6.07, 6.45) is 5.11. The average molecular weight is 360 g/mol. The first-order chi connectivity index (χ1) is 12.1. The minimum Gasteiger partial charge on any atom is -0.465 e. The Labute approximate surface area is 150 Å². The summed E-state index contributed by atoms with van der Waals surface area (Å²) in [6, 6.07) is 6.72. The molecule has 0 aromatic heterocycles. The molecule has 0 N–H and O–H groups in total. The van der Waals surface area contributed by atoms with Gasteiger partial charge in [0.15, 0.2) is 0 Å². The van der Waals surface area contributed by atoms with E-state index in [0.29, 0.717) is 17.1 Å². The summed E-state index contributed by atoms with van der Waals surface area (Å²) in [5, 5.41) is -0.229. The van der Waals surface area contributed by atoms with Crippen molar-refractivity contribution < 1.29 is 19.1 Å². The smallest absolute Gasteiger partial charge is 0.337 e. The van der Waals surface area contributed by atoms with Gasteiger partial charge in [0.25, 0.3) is 11.1 Å². The quantitative estimate of drug-likeness (QED) is 0.607. The molecule has 0 aliphatic carbocycles. The van der Waals surface area contributed by atoms with Gasteiger partial charge in [0.05, 0.1) is 24.2 Å². The maximum Gasteiger partial charge on any atom is 0.337 e. The number of methoxy groups -OCH3 is 1. The maximum atomic E-state index is 12.5. The molecule has 2 heterocycles. The number of carbonyl (C=O) groups excluding carboxylic acids is 3. The number of piperidine rings is 1. The highest BCUT2D eigenvalue weighted by Gasteiger charge is 2.36. The number of amides is 2. The summed E-state index contributed by atoms with van der Waals surface area (Å²) in [5.74, 6) is -0.661. The van der Waals surface area contributed by atoms with Crippen LogP contribution in [0.1, 0.15) is 35.2 Å². The van der Waals surface area contributed by atoms with Gasteiger partial charge in [-0.05, 0) is 61.5 Å². The highest BCUT2D eigenvalue weighted by Crippen LogP contribution is 2.32. The van der Waals surface area contributed by atoms with Crippen molar-refractivity contribution in [3.63, 3.8) is 0 Å². The molecule has 2 aliphatic heterocycles. The molecule has 0 bridgehead atoms. The van der Waals surface area contributed by atoms with Crippen LogP contribution in [0.5, 0.6) is 0 Å². The number of likely N-dealkylation sites (tertiary alicyclic amines) is 1.